The van der Waals surface area contributed by atoms with Crippen molar-refractivity contribution in [2.24, 2.45) is 0 Å². The molecule has 0 saturated carbocycles. The smallest absolute Gasteiger partial charge is 0.312 e. The van der Waals surface area contributed by atoms with Gasteiger partial charge in [-0.1, -0.05) is 13.8 Å². The fourth-order valence-corrected chi connectivity index (χ4v) is 4.73. The molecule has 0 bridgehead atoms. The van der Waals surface area contributed by atoms with Gasteiger partial charge in [0.1, 0.15) is 5.82 Å². The van der Waals surface area contributed by atoms with Gasteiger partial charge >= 0.3 is 6.08 Å². The summed E-state index contributed by atoms with van der Waals surface area (Å²) in [4.78, 5) is 24.5. The normalized spacial score (nSPS) is 13.5. The van der Waals surface area contributed by atoms with E-state index in [0.717, 1.165) is 51.9 Å². The zero-order chi connectivity index (χ0) is 22.1. The summed E-state index contributed by atoms with van der Waals surface area (Å²) < 4.78 is 16.9. The number of hydrogen-bond donors (Lipinski definition) is 2. The number of imidazole rings is 1. The number of aryl methyl sites for hydroxylation is 2. The number of nitrogens with one attached hydrogen (secondary N) is 1. The number of carbonyl (C=O) groups is 1. The highest BCUT2D eigenvalue weighted by Crippen LogP contribution is 2.29. The van der Waals surface area contributed by atoms with Crippen molar-refractivity contribution in [3.63, 3.8) is 0 Å². The van der Waals surface area contributed by atoms with Crippen molar-refractivity contribution < 1.29 is 9.18 Å². The summed E-state index contributed by atoms with van der Waals surface area (Å²) in [6.45, 7) is 5.80. The van der Waals surface area contributed by atoms with Crippen LogP contribution in [0.3, 0.4) is 0 Å². The summed E-state index contributed by atoms with van der Waals surface area (Å²) in [6.07, 6.45) is 2.91. The lowest BCUT2D eigenvalue weighted by molar-refractivity contribution is 0.0994. The molecule has 9 heteroatoms. The highest BCUT2D eigenvalue weighted by molar-refractivity contribution is 14.1. The maximum atomic E-state index is 13.9. The maximum absolute atomic E-state index is 13.9. The number of fused-ring (bicyclic) bond motifs is 2. The summed E-state index contributed by atoms with van der Waals surface area (Å²) in [5, 5.41) is 3.41. The first kappa shape index (κ1) is 22.1. The molecular weight excluding hydrogens is 510 g/mol. The minimum absolute atomic E-state index is 0.0443. The molecule has 0 radical (unpaired) electrons. The average molecular weight is 536 g/mol. The van der Waals surface area contributed by atoms with Crippen LogP contribution in [0.15, 0.2) is 12.1 Å². The second-order valence-electron chi connectivity index (χ2n) is 8.25. The first-order chi connectivity index (χ1) is 14.8. The molecule has 4 rings (SSSR count). The van der Waals surface area contributed by atoms with Crippen LogP contribution >= 0.6 is 22.6 Å². The van der Waals surface area contributed by atoms with Gasteiger partial charge in [0.25, 0.3) is 0 Å². The van der Waals surface area contributed by atoms with E-state index >= 15 is 0 Å². The Morgan fingerprint density at radius 2 is 2.03 bits per heavy atom. The number of rotatable bonds is 8. The molecule has 0 amide bonds. The summed E-state index contributed by atoms with van der Waals surface area (Å²) in [5.74, 6) is 0.987. The molecule has 2 heterocycles. The van der Waals surface area contributed by atoms with E-state index in [2.05, 4.69) is 62.8 Å². The Labute approximate surface area is 194 Å². The highest BCUT2D eigenvalue weighted by Gasteiger charge is 2.23. The summed E-state index contributed by atoms with van der Waals surface area (Å²) in [5.41, 5.74) is 9.73. The number of unbranched alkanes of at least 4 members (excludes halogenated alkanes) is 1. The van der Waals surface area contributed by atoms with Gasteiger partial charge in [0.15, 0.2) is 22.8 Å². The van der Waals surface area contributed by atoms with Crippen LogP contribution in [0, 0.1) is 9.65 Å². The Balaban J connectivity index is 1.66. The first-order valence-electron chi connectivity index (χ1n) is 10.6. The van der Waals surface area contributed by atoms with Crippen LogP contribution in [0.4, 0.5) is 10.2 Å². The molecule has 0 saturated heterocycles. The molecule has 3 N–H and O–H groups in total. The molecule has 0 unspecified atom stereocenters. The molecule has 1 aliphatic rings. The number of ketones is 1. The fraction of sp³-hybridized carbons (Fsp3) is 0.455. The molecule has 0 aliphatic heterocycles. The molecule has 31 heavy (non-hydrogen) atoms. The van der Waals surface area contributed by atoms with Crippen molar-refractivity contribution in [3.05, 3.63) is 44.3 Å². The third-order valence-corrected chi connectivity index (χ3v) is 6.58. The van der Waals surface area contributed by atoms with Crippen LogP contribution in [0.25, 0.3) is 11.2 Å². The van der Waals surface area contributed by atoms with E-state index in [1.165, 1.54) is 0 Å². The Hall–Kier alpha value is -2.14. The Morgan fingerprint density at radius 3 is 2.81 bits per heavy atom. The van der Waals surface area contributed by atoms with Crippen LogP contribution in [-0.4, -0.2) is 37.9 Å². The van der Waals surface area contributed by atoms with Crippen LogP contribution in [0.1, 0.15) is 60.4 Å². The monoisotopic (exact) mass is 536 g/mol. The van der Waals surface area contributed by atoms with Gasteiger partial charge in [-0.05, 0) is 71.7 Å². The van der Waals surface area contributed by atoms with Gasteiger partial charge in [0.2, 0.25) is 0 Å². The lowest BCUT2D eigenvalue weighted by Crippen LogP contribution is -2.23. The van der Waals surface area contributed by atoms with E-state index in [1.807, 2.05) is 10.6 Å². The molecule has 1 aliphatic carbocycles. The Morgan fingerprint density at radius 1 is 1.23 bits per heavy atom. The number of carbonyl (C=O) groups excluding carboxylic acids is 1. The Kier molecular flexibility index (Phi) is 6.52. The van der Waals surface area contributed by atoms with Crippen molar-refractivity contribution in [1.29, 1.82) is 0 Å². The van der Waals surface area contributed by atoms with Crippen molar-refractivity contribution in [1.82, 2.24) is 24.8 Å². The van der Waals surface area contributed by atoms with Gasteiger partial charge in [-0.3, -0.25) is 4.79 Å². The highest BCUT2D eigenvalue weighted by atomic mass is 127. The number of Topliss-reactive ketones (excluding diaryl/α,β-unsaturated/α-hetero) is 1. The standard InChI is InChI=1S/C22H26FIN6O/c1-12(2)26-7-3-4-8-30-18(27-19-20(25)28-22(23)29-21(19)30)11-14-9-15-13(10-16(14)24)5-6-17(15)31/h9-10,12,26H,3-8,11H2,1-2H3,(H2,25,28,29). The first-order valence-corrected chi connectivity index (χ1v) is 11.7. The molecule has 3 aromatic rings. The zero-order valence-corrected chi connectivity index (χ0v) is 19.9. The van der Waals surface area contributed by atoms with Crippen molar-refractivity contribution in [2.75, 3.05) is 12.3 Å². The quantitative estimate of drug-likeness (QED) is 0.259. The van der Waals surface area contributed by atoms with E-state index < -0.39 is 6.08 Å². The molecule has 0 atom stereocenters. The number of hydrogen-bond acceptors (Lipinski definition) is 6. The number of nitrogens with two attached hydrogens (primary N) is 1. The fourth-order valence-electron chi connectivity index (χ4n) is 4.01. The summed E-state index contributed by atoms with van der Waals surface area (Å²) in [6, 6.07) is 4.52. The minimum Gasteiger partial charge on any atom is -0.382 e. The van der Waals surface area contributed by atoms with E-state index in [4.69, 9.17) is 5.73 Å². The molecular formula is C22H26FIN6O. The van der Waals surface area contributed by atoms with E-state index in [9.17, 15) is 9.18 Å². The van der Waals surface area contributed by atoms with Crippen molar-refractivity contribution in [2.45, 2.75) is 58.5 Å². The van der Waals surface area contributed by atoms with Crippen molar-refractivity contribution >= 4 is 45.4 Å². The summed E-state index contributed by atoms with van der Waals surface area (Å²) in [7, 11) is 0. The number of nitrogen functional groups attached to an aromatic ring is 1. The molecule has 0 fully saturated rings. The van der Waals surface area contributed by atoms with Crippen LogP contribution in [0.2, 0.25) is 0 Å². The van der Waals surface area contributed by atoms with E-state index in [1.54, 1.807) is 0 Å². The third-order valence-electron chi connectivity index (χ3n) is 5.58. The number of anilines is 1. The van der Waals surface area contributed by atoms with Gasteiger partial charge in [-0.25, -0.2) is 4.98 Å². The maximum Gasteiger partial charge on any atom is 0.312 e. The zero-order valence-electron chi connectivity index (χ0n) is 17.7. The lowest BCUT2D eigenvalue weighted by atomic mass is 10.0. The molecule has 0 spiro atoms. The molecule has 2 aromatic heterocycles. The predicted molar refractivity (Wildman–Crippen MR) is 127 cm³/mol. The van der Waals surface area contributed by atoms with E-state index in [-0.39, 0.29) is 11.6 Å². The topological polar surface area (TPSA) is 98.7 Å². The van der Waals surface area contributed by atoms with Gasteiger partial charge in [0, 0.05) is 34.6 Å². The Bertz CT molecular complexity index is 1140. The van der Waals surface area contributed by atoms with Gasteiger partial charge in [0.05, 0.1) is 0 Å². The largest absolute Gasteiger partial charge is 0.382 e. The summed E-state index contributed by atoms with van der Waals surface area (Å²) >= 11 is 2.31. The SMILES string of the molecule is CC(C)NCCCCn1c(Cc2cc3c(cc2I)CCC3=O)nc2c(N)nc(F)nc21. The molecule has 164 valence electrons. The van der Waals surface area contributed by atoms with Gasteiger partial charge in [-0.2, -0.15) is 14.4 Å². The number of nitrogens with zero attached hydrogens (tertiary/aromatic N) is 4. The molecule has 7 nitrogen and oxygen atoms in total. The van der Waals surface area contributed by atoms with Crippen LogP contribution < -0.4 is 11.1 Å². The lowest BCUT2D eigenvalue weighted by Gasteiger charge is -2.12. The average Bonchev–Trinajstić information content (AvgIpc) is 3.22. The van der Waals surface area contributed by atoms with E-state index in [0.29, 0.717) is 36.6 Å². The van der Waals surface area contributed by atoms with Crippen LogP contribution in [0.5, 0.6) is 0 Å². The van der Waals surface area contributed by atoms with Crippen molar-refractivity contribution in [3.8, 4) is 0 Å². The second-order valence-corrected chi connectivity index (χ2v) is 9.41. The number of benzene rings is 1. The number of halogens is 2. The van der Waals surface area contributed by atoms with Gasteiger partial charge in [-0.15, -0.1) is 0 Å². The second kappa shape index (κ2) is 9.15. The van der Waals surface area contributed by atoms with Gasteiger partial charge < -0.3 is 15.6 Å². The molecule has 1 aromatic carbocycles. The number of aromatic nitrogens is 4. The third kappa shape index (κ3) is 4.72. The predicted octanol–water partition coefficient (Wildman–Crippen LogP) is 3.65. The van der Waals surface area contributed by atoms with Crippen LogP contribution in [-0.2, 0) is 19.4 Å². The minimum atomic E-state index is -0.850.